The lowest BCUT2D eigenvalue weighted by atomic mass is 10.2. The zero-order valence-corrected chi connectivity index (χ0v) is 19.2. The van der Waals surface area contributed by atoms with Crippen LogP contribution in [0.15, 0.2) is 57.9 Å². The van der Waals surface area contributed by atoms with Crippen LogP contribution in [-0.2, 0) is 17.1 Å². The van der Waals surface area contributed by atoms with Crippen LogP contribution in [0.5, 0.6) is 0 Å². The van der Waals surface area contributed by atoms with Gasteiger partial charge in [-0.2, -0.15) is 0 Å². The van der Waals surface area contributed by atoms with E-state index >= 15 is 0 Å². The number of anilines is 1. The van der Waals surface area contributed by atoms with Crippen LogP contribution in [0.1, 0.15) is 28.9 Å². The highest BCUT2D eigenvalue weighted by atomic mass is 32.2. The summed E-state index contributed by atoms with van der Waals surface area (Å²) in [5.74, 6) is 1.71. The van der Waals surface area contributed by atoms with Gasteiger partial charge in [0.1, 0.15) is 16.4 Å². The molecule has 0 fully saturated rings. The molecule has 0 radical (unpaired) electrons. The van der Waals surface area contributed by atoms with Crippen molar-refractivity contribution in [1.29, 1.82) is 0 Å². The predicted octanol–water partition coefficient (Wildman–Crippen LogP) is 5.05. The van der Waals surface area contributed by atoms with Crippen molar-refractivity contribution < 1.29 is 9.21 Å². The molecule has 160 valence electrons. The maximum Gasteiger partial charge on any atom is 0.259 e. The number of carbonyl (C=O) groups excluding carboxylic acids is 1. The number of para-hydroxylation sites is 1. The van der Waals surface area contributed by atoms with E-state index in [1.807, 2.05) is 63.2 Å². The second-order valence-corrected chi connectivity index (χ2v) is 9.80. The van der Waals surface area contributed by atoms with Gasteiger partial charge in [0.25, 0.3) is 5.56 Å². The molecule has 31 heavy (non-hydrogen) atoms. The summed E-state index contributed by atoms with van der Waals surface area (Å²) in [6.45, 7) is 6.17. The number of nitrogens with zero attached hydrogens (tertiary/aromatic N) is 2. The first-order valence-electron chi connectivity index (χ1n) is 9.93. The number of nitrogens with one attached hydrogen (secondary N) is 1. The molecule has 1 N–H and O–H groups in total. The number of hydrogen-bond donors (Lipinski definition) is 1. The number of amides is 1. The van der Waals surface area contributed by atoms with Crippen LogP contribution in [0.25, 0.3) is 10.2 Å². The molecule has 0 aliphatic heterocycles. The molecular weight excluding hydrogens is 430 g/mol. The normalized spacial score (nSPS) is 12.2. The van der Waals surface area contributed by atoms with Gasteiger partial charge in [-0.25, -0.2) is 4.98 Å². The molecule has 0 spiro atoms. The van der Waals surface area contributed by atoms with E-state index in [0.29, 0.717) is 29.3 Å². The number of hydrogen-bond acceptors (Lipinski definition) is 6. The van der Waals surface area contributed by atoms with Crippen LogP contribution < -0.4 is 10.5 Å². The first-order valence-corrected chi connectivity index (χ1v) is 11.8. The van der Waals surface area contributed by atoms with Gasteiger partial charge in [-0.05, 0) is 50.6 Å². The van der Waals surface area contributed by atoms with Gasteiger partial charge in [0.15, 0.2) is 0 Å². The lowest BCUT2D eigenvalue weighted by molar-refractivity contribution is -0.118. The number of furan rings is 1. The largest absolute Gasteiger partial charge is 0.467 e. The molecule has 4 rings (SSSR count). The molecule has 1 unspecified atom stereocenters. The number of aromatic amines is 1. The second-order valence-electron chi connectivity index (χ2n) is 7.27. The smallest absolute Gasteiger partial charge is 0.259 e. The topological polar surface area (TPSA) is 79.2 Å². The summed E-state index contributed by atoms with van der Waals surface area (Å²) in [6.07, 6.45) is 1.60. The molecule has 3 aromatic heterocycles. The summed E-state index contributed by atoms with van der Waals surface area (Å²) in [5, 5.41) is 0.331. The quantitative estimate of drug-likeness (QED) is 0.424. The number of thiophene rings is 1. The second kappa shape index (κ2) is 9.11. The van der Waals surface area contributed by atoms with Gasteiger partial charge in [0, 0.05) is 10.6 Å². The fraction of sp³-hybridized carbons (Fsp3) is 0.261. The number of aromatic nitrogens is 2. The Kier molecular flexibility index (Phi) is 6.29. The fourth-order valence-corrected chi connectivity index (χ4v) is 5.19. The van der Waals surface area contributed by atoms with E-state index in [2.05, 4.69) is 9.97 Å². The monoisotopic (exact) mass is 453 g/mol. The van der Waals surface area contributed by atoms with E-state index in [0.717, 1.165) is 21.0 Å². The van der Waals surface area contributed by atoms with Gasteiger partial charge in [0.05, 0.1) is 29.2 Å². The van der Waals surface area contributed by atoms with E-state index in [1.165, 1.54) is 23.1 Å². The molecule has 0 aliphatic carbocycles. The first-order chi connectivity index (χ1) is 14.9. The summed E-state index contributed by atoms with van der Waals surface area (Å²) in [5.41, 5.74) is 1.67. The summed E-state index contributed by atoms with van der Waals surface area (Å²) in [6, 6.07) is 13.2. The predicted molar refractivity (Wildman–Crippen MR) is 127 cm³/mol. The summed E-state index contributed by atoms with van der Waals surface area (Å²) in [4.78, 5) is 36.8. The van der Waals surface area contributed by atoms with Crippen molar-refractivity contribution in [2.24, 2.45) is 0 Å². The highest BCUT2D eigenvalue weighted by molar-refractivity contribution is 7.99. The van der Waals surface area contributed by atoms with E-state index in [-0.39, 0.29) is 16.7 Å². The Balaban J connectivity index is 1.51. The van der Waals surface area contributed by atoms with Crippen molar-refractivity contribution in [2.75, 3.05) is 4.90 Å². The van der Waals surface area contributed by atoms with E-state index < -0.39 is 0 Å². The Morgan fingerprint density at radius 3 is 2.71 bits per heavy atom. The van der Waals surface area contributed by atoms with Gasteiger partial charge in [0.2, 0.25) is 5.91 Å². The lowest BCUT2D eigenvalue weighted by Gasteiger charge is -2.25. The summed E-state index contributed by atoms with van der Waals surface area (Å²) < 4.78 is 5.46. The van der Waals surface area contributed by atoms with Crippen molar-refractivity contribution in [3.63, 3.8) is 0 Å². The van der Waals surface area contributed by atoms with Crippen LogP contribution in [0.4, 0.5) is 5.69 Å². The van der Waals surface area contributed by atoms with Gasteiger partial charge in [-0.3, -0.25) is 9.59 Å². The van der Waals surface area contributed by atoms with Crippen molar-refractivity contribution in [3.8, 4) is 0 Å². The fourth-order valence-electron chi connectivity index (χ4n) is 3.33. The summed E-state index contributed by atoms with van der Waals surface area (Å²) >= 11 is 2.98. The number of carbonyl (C=O) groups is 1. The molecular formula is C23H23N3O3S2. The highest BCUT2D eigenvalue weighted by Gasteiger charge is 2.24. The number of aryl methyl sites for hydroxylation is 2. The van der Waals surface area contributed by atoms with Crippen molar-refractivity contribution >= 4 is 44.9 Å². The number of rotatable bonds is 7. The molecule has 0 saturated carbocycles. The third-order valence-electron chi connectivity index (χ3n) is 5.13. The van der Waals surface area contributed by atoms with Crippen LogP contribution in [0.2, 0.25) is 0 Å². The number of benzene rings is 1. The molecule has 4 aromatic rings. The van der Waals surface area contributed by atoms with E-state index in [1.54, 1.807) is 11.2 Å². The number of thioether (sulfide) groups is 1. The van der Waals surface area contributed by atoms with Crippen molar-refractivity contribution in [2.45, 2.75) is 38.3 Å². The average molecular weight is 454 g/mol. The SMILES string of the molecule is Cc1sc2nc(CSC(C)C(=O)N(Cc3ccco3)c3ccccc3)[nH]c(=O)c2c1C. The molecule has 0 bridgehead atoms. The number of fused-ring (bicyclic) bond motifs is 1. The van der Waals surface area contributed by atoms with Gasteiger partial charge in [-0.15, -0.1) is 23.1 Å². The zero-order chi connectivity index (χ0) is 22.0. The maximum atomic E-state index is 13.3. The molecule has 3 heterocycles. The Hall–Kier alpha value is -2.84. The third-order valence-corrected chi connectivity index (χ3v) is 7.38. The lowest BCUT2D eigenvalue weighted by Crippen LogP contribution is -2.36. The minimum Gasteiger partial charge on any atom is -0.467 e. The molecule has 1 aromatic carbocycles. The molecule has 1 atom stereocenters. The minimum absolute atomic E-state index is 0.0289. The Labute approximate surface area is 188 Å². The van der Waals surface area contributed by atoms with Crippen molar-refractivity contribution in [3.05, 3.63) is 81.1 Å². The average Bonchev–Trinajstić information content (AvgIpc) is 3.38. The molecule has 1 amide bonds. The van der Waals surface area contributed by atoms with Gasteiger partial charge >= 0.3 is 0 Å². The van der Waals surface area contributed by atoms with Gasteiger partial charge in [-0.1, -0.05) is 18.2 Å². The third kappa shape index (κ3) is 4.60. The molecule has 6 nitrogen and oxygen atoms in total. The van der Waals surface area contributed by atoms with Crippen LogP contribution in [0, 0.1) is 13.8 Å². The Bertz CT molecular complexity index is 1250. The summed E-state index contributed by atoms with van der Waals surface area (Å²) in [7, 11) is 0. The number of H-pyrrole nitrogens is 1. The van der Waals surface area contributed by atoms with Crippen LogP contribution in [0.3, 0.4) is 0 Å². The maximum absolute atomic E-state index is 13.3. The standard InChI is InChI=1S/C23H23N3O3S2/c1-14-15(2)31-22-20(14)21(27)24-19(25-22)13-30-16(3)23(28)26(12-18-10-7-11-29-18)17-8-5-4-6-9-17/h4-11,16H,12-13H2,1-3H3,(H,24,25,27). The van der Waals surface area contributed by atoms with E-state index in [4.69, 9.17) is 4.42 Å². The molecule has 8 heteroatoms. The van der Waals surface area contributed by atoms with Crippen molar-refractivity contribution in [1.82, 2.24) is 9.97 Å². The first kappa shape index (κ1) is 21.4. The highest BCUT2D eigenvalue weighted by Crippen LogP contribution is 2.27. The van der Waals surface area contributed by atoms with Crippen LogP contribution in [-0.4, -0.2) is 21.1 Å². The van der Waals surface area contributed by atoms with E-state index in [9.17, 15) is 9.59 Å². The minimum atomic E-state index is -0.331. The molecule has 0 saturated heterocycles. The Morgan fingerprint density at radius 1 is 1.23 bits per heavy atom. The van der Waals surface area contributed by atoms with Crippen LogP contribution >= 0.6 is 23.1 Å². The zero-order valence-electron chi connectivity index (χ0n) is 17.5. The molecule has 0 aliphatic rings. The van der Waals surface area contributed by atoms with Gasteiger partial charge < -0.3 is 14.3 Å². The Morgan fingerprint density at radius 2 is 2.00 bits per heavy atom.